The van der Waals surface area contributed by atoms with Gasteiger partial charge in [-0.3, -0.25) is 14.5 Å². The van der Waals surface area contributed by atoms with E-state index in [0.29, 0.717) is 23.4 Å². The predicted octanol–water partition coefficient (Wildman–Crippen LogP) is 1.65. The van der Waals surface area contributed by atoms with Gasteiger partial charge < -0.3 is 15.1 Å². The minimum absolute atomic E-state index is 0.0670. The highest BCUT2D eigenvalue weighted by Crippen LogP contribution is 2.36. The van der Waals surface area contributed by atoms with Gasteiger partial charge in [-0.15, -0.1) is 6.58 Å². The van der Waals surface area contributed by atoms with Crippen LogP contribution in [0, 0.1) is 5.82 Å². The van der Waals surface area contributed by atoms with Crippen molar-refractivity contribution in [1.82, 2.24) is 20.0 Å². The fourth-order valence-electron chi connectivity index (χ4n) is 3.36. The maximum atomic E-state index is 13.3. The minimum Gasteiger partial charge on any atom is -0.345 e. The summed E-state index contributed by atoms with van der Waals surface area (Å²) in [6.45, 7) is 6.39. The molecule has 1 N–H and O–H groups in total. The highest BCUT2D eigenvalue weighted by molar-refractivity contribution is 6.03. The Bertz CT molecular complexity index is 850. The number of hydrogen-bond donors (Lipinski definition) is 1. The Morgan fingerprint density at radius 2 is 2.04 bits per heavy atom. The van der Waals surface area contributed by atoms with Crippen molar-refractivity contribution in [3.8, 4) is 0 Å². The van der Waals surface area contributed by atoms with Crippen LogP contribution in [-0.2, 0) is 9.59 Å². The smallest absolute Gasteiger partial charge is 0.322 e. The highest BCUT2D eigenvalue weighted by atomic mass is 19.1. The van der Waals surface area contributed by atoms with Gasteiger partial charge >= 0.3 is 6.03 Å². The summed E-state index contributed by atoms with van der Waals surface area (Å²) in [5.74, 6) is -0.888. The summed E-state index contributed by atoms with van der Waals surface area (Å²) >= 11 is 0. The van der Waals surface area contributed by atoms with Crippen LogP contribution in [0.15, 0.2) is 48.2 Å². The molecular formula is C20H23FN4O3. The van der Waals surface area contributed by atoms with Crippen LogP contribution in [0.3, 0.4) is 0 Å². The van der Waals surface area contributed by atoms with Crippen LogP contribution in [-0.4, -0.2) is 65.8 Å². The van der Waals surface area contributed by atoms with Crippen molar-refractivity contribution in [2.24, 2.45) is 0 Å². The molecule has 2 aliphatic rings. The molecule has 1 atom stereocenters. The van der Waals surface area contributed by atoms with Gasteiger partial charge in [0.05, 0.1) is 23.9 Å². The number of carbonyl (C=O) groups is 3. The fraction of sp³-hybridized carbons (Fsp3) is 0.350. The molecule has 1 aromatic rings. The molecule has 0 aromatic heterocycles. The van der Waals surface area contributed by atoms with Gasteiger partial charge in [0, 0.05) is 20.1 Å². The van der Waals surface area contributed by atoms with Crippen molar-refractivity contribution in [2.45, 2.75) is 13.0 Å². The lowest BCUT2D eigenvalue weighted by Gasteiger charge is -2.33. The van der Waals surface area contributed by atoms with Crippen LogP contribution in [0.2, 0.25) is 0 Å². The number of hydrogen-bond acceptors (Lipinski definition) is 3. The van der Waals surface area contributed by atoms with Gasteiger partial charge in [0.15, 0.2) is 0 Å². The standard InChI is InChI=1S/C20H23FN4O3/c1-4-10-25-15-11-24(12-16(26)23(3)5-2)19(27)17(15)18(22-20(25)28)13-6-8-14(21)9-7-13/h4,6-9,18H,1,5,10-12H2,2-3H3,(H,22,28). The van der Waals surface area contributed by atoms with Gasteiger partial charge in [0.25, 0.3) is 5.91 Å². The summed E-state index contributed by atoms with van der Waals surface area (Å²) in [7, 11) is 1.67. The van der Waals surface area contributed by atoms with Crippen LogP contribution >= 0.6 is 0 Å². The van der Waals surface area contributed by atoms with Gasteiger partial charge in [0.1, 0.15) is 12.4 Å². The van der Waals surface area contributed by atoms with Crippen LogP contribution < -0.4 is 5.32 Å². The van der Waals surface area contributed by atoms with Gasteiger partial charge in [0.2, 0.25) is 5.91 Å². The van der Waals surface area contributed by atoms with Crippen molar-refractivity contribution in [2.75, 3.05) is 33.2 Å². The van der Waals surface area contributed by atoms with E-state index in [9.17, 15) is 18.8 Å². The van der Waals surface area contributed by atoms with E-state index in [1.807, 2.05) is 6.92 Å². The van der Waals surface area contributed by atoms with Crippen LogP contribution in [0.1, 0.15) is 18.5 Å². The largest absolute Gasteiger partial charge is 0.345 e. The molecule has 28 heavy (non-hydrogen) atoms. The predicted molar refractivity (Wildman–Crippen MR) is 101 cm³/mol. The molecule has 1 aromatic carbocycles. The lowest BCUT2D eigenvalue weighted by atomic mass is 9.95. The average Bonchev–Trinajstić information content (AvgIpc) is 3.00. The molecule has 7 nitrogen and oxygen atoms in total. The molecule has 0 aliphatic carbocycles. The molecule has 1 unspecified atom stereocenters. The Hall–Kier alpha value is -3.16. The number of nitrogens with zero attached hydrogens (tertiary/aromatic N) is 3. The molecule has 2 aliphatic heterocycles. The molecule has 4 amide bonds. The third kappa shape index (κ3) is 3.49. The number of halogens is 1. The molecule has 0 saturated heterocycles. The lowest BCUT2D eigenvalue weighted by Crippen LogP contribution is -2.47. The first-order valence-electron chi connectivity index (χ1n) is 9.08. The molecular weight excluding hydrogens is 363 g/mol. The first-order valence-corrected chi connectivity index (χ1v) is 9.08. The lowest BCUT2D eigenvalue weighted by molar-refractivity contribution is -0.136. The molecule has 0 fully saturated rings. The SMILES string of the molecule is C=CCN1C(=O)NC(c2ccc(F)cc2)C2=C1CN(CC(=O)N(C)CC)C2=O. The van der Waals surface area contributed by atoms with Crippen molar-refractivity contribution < 1.29 is 18.8 Å². The van der Waals surface area contributed by atoms with Crippen molar-refractivity contribution in [3.63, 3.8) is 0 Å². The van der Waals surface area contributed by atoms with E-state index < -0.39 is 11.9 Å². The monoisotopic (exact) mass is 386 g/mol. The topological polar surface area (TPSA) is 73.0 Å². The fourth-order valence-corrected chi connectivity index (χ4v) is 3.36. The van der Waals surface area contributed by atoms with Crippen LogP contribution in [0.25, 0.3) is 0 Å². The number of rotatable bonds is 6. The molecule has 2 heterocycles. The number of likely N-dealkylation sites (N-methyl/N-ethyl adjacent to an activating group) is 1. The first-order chi connectivity index (χ1) is 13.4. The molecule has 148 valence electrons. The highest BCUT2D eigenvalue weighted by Gasteiger charge is 2.44. The van der Waals surface area contributed by atoms with Crippen molar-refractivity contribution >= 4 is 17.8 Å². The van der Waals surface area contributed by atoms with Gasteiger partial charge in [-0.1, -0.05) is 18.2 Å². The Labute approximate surface area is 163 Å². The number of amides is 4. The van der Waals surface area contributed by atoms with E-state index in [1.54, 1.807) is 25.3 Å². The minimum atomic E-state index is -0.694. The van der Waals surface area contributed by atoms with Crippen molar-refractivity contribution in [3.05, 3.63) is 59.6 Å². The Balaban J connectivity index is 1.96. The molecule has 8 heteroatoms. The second-order valence-electron chi connectivity index (χ2n) is 6.76. The van der Waals surface area contributed by atoms with E-state index in [2.05, 4.69) is 11.9 Å². The van der Waals surface area contributed by atoms with E-state index in [4.69, 9.17) is 0 Å². The van der Waals surface area contributed by atoms with E-state index in [0.717, 1.165) is 0 Å². The normalized spacial score (nSPS) is 18.9. The maximum Gasteiger partial charge on any atom is 0.322 e. The van der Waals surface area contributed by atoms with E-state index in [1.165, 1.54) is 26.8 Å². The third-order valence-electron chi connectivity index (χ3n) is 5.04. The number of urea groups is 1. The second kappa shape index (κ2) is 7.84. The van der Waals surface area contributed by atoms with Crippen LogP contribution in [0.4, 0.5) is 9.18 Å². The summed E-state index contributed by atoms with van der Waals surface area (Å²) in [5, 5.41) is 2.81. The Morgan fingerprint density at radius 1 is 1.36 bits per heavy atom. The number of carbonyl (C=O) groups excluding carboxylic acids is 3. The van der Waals surface area contributed by atoms with Crippen molar-refractivity contribution in [1.29, 1.82) is 0 Å². The molecule has 0 bridgehead atoms. The third-order valence-corrected chi connectivity index (χ3v) is 5.04. The summed E-state index contributed by atoms with van der Waals surface area (Å²) in [5.41, 5.74) is 1.56. The molecule has 0 radical (unpaired) electrons. The second-order valence-corrected chi connectivity index (χ2v) is 6.76. The van der Waals surface area contributed by atoms with Crippen LogP contribution in [0.5, 0.6) is 0 Å². The first kappa shape index (κ1) is 19.6. The number of benzene rings is 1. The van der Waals surface area contributed by atoms with Gasteiger partial charge in [-0.2, -0.15) is 0 Å². The zero-order valence-electron chi connectivity index (χ0n) is 15.9. The summed E-state index contributed by atoms with van der Waals surface area (Å²) in [4.78, 5) is 42.5. The molecule has 0 spiro atoms. The summed E-state index contributed by atoms with van der Waals surface area (Å²) in [6, 6.07) is 4.60. The summed E-state index contributed by atoms with van der Waals surface area (Å²) in [6.07, 6.45) is 1.57. The quantitative estimate of drug-likeness (QED) is 0.756. The maximum absolute atomic E-state index is 13.3. The average molecular weight is 386 g/mol. The van der Waals surface area contributed by atoms with E-state index in [-0.39, 0.29) is 37.5 Å². The van der Waals surface area contributed by atoms with Gasteiger partial charge in [-0.25, -0.2) is 9.18 Å². The molecule has 0 saturated carbocycles. The zero-order valence-corrected chi connectivity index (χ0v) is 15.9. The van der Waals surface area contributed by atoms with Gasteiger partial charge in [-0.05, 0) is 24.6 Å². The Morgan fingerprint density at radius 3 is 2.64 bits per heavy atom. The molecule has 3 rings (SSSR count). The number of nitrogens with one attached hydrogen (secondary N) is 1. The Kier molecular flexibility index (Phi) is 5.48. The zero-order chi connectivity index (χ0) is 20.4. The summed E-state index contributed by atoms with van der Waals surface area (Å²) < 4.78 is 13.3. The van der Waals surface area contributed by atoms with E-state index >= 15 is 0 Å².